The molecule has 120 valence electrons. The number of likely N-dealkylation sites (tertiary alicyclic amines) is 2. The summed E-state index contributed by atoms with van der Waals surface area (Å²) in [5.41, 5.74) is 1.36. The smallest absolute Gasteiger partial charge is 0.257 e. The van der Waals surface area contributed by atoms with Crippen molar-refractivity contribution < 1.29 is 14.0 Å². The molecule has 2 aromatic rings. The van der Waals surface area contributed by atoms with Gasteiger partial charge in [-0.05, 0) is 12.5 Å². The molecule has 0 spiro atoms. The van der Waals surface area contributed by atoms with Crippen LogP contribution in [0.2, 0.25) is 0 Å². The summed E-state index contributed by atoms with van der Waals surface area (Å²) >= 11 is 0. The lowest BCUT2D eigenvalue weighted by atomic mass is 10.1. The minimum Gasteiger partial charge on any atom is -0.472 e. The van der Waals surface area contributed by atoms with Gasteiger partial charge in [0, 0.05) is 26.1 Å². The van der Waals surface area contributed by atoms with Gasteiger partial charge in [-0.15, -0.1) is 5.10 Å². The quantitative estimate of drug-likeness (QED) is 0.829. The second-order valence-electron chi connectivity index (χ2n) is 5.98. The molecule has 0 atom stereocenters. The van der Waals surface area contributed by atoms with Crippen molar-refractivity contribution in [2.45, 2.75) is 25.4 Å². The van der Waals surface area contributed by atoms with Gasteiger partial charge in [0.05, 0.1) is 30.6 Å². The van der Waals surface area contributed by atoms with Crippen LogP contribution in [0, 0.1) is 0 Å². The zero-order valence-corrected chi connectivity index (χ0v) is 12.6. The van der Waals surface area contributed by atoms with E-state index >= 15 is 0 Å². The summed E-state index contributed by atoms with van der Waals surface area (Å²) in [5, 5.41) is 8.27. The largest absolute Gasteiger partial charge is 0.472 e. The van der Waals surface area contributed by atoms with Crippen molar-refractivity contribution in [1.82, 2.24) is 24.8 Å². The maximum Gasteiger partial charge on any atom is 0.257 e. The van der Waals surface area contributed by atoms with E-state index in [1.807, 2.05) is 11.1 Å². The Labute approximate surface area is 132 Å². The third kappa shape index (κ3) is 2.60. The fourth-order valence-corrected chi connectivity index (χ4v) is 2.99. The first-order valence-electron chi connectivity index (χ1n) is 7.70. The van der Waals surface area contributed by atoms with E-state index in [-0.39, 0.29) is 17.9 Å². The highest BCUT2D eigenvalue weighted by Crippen LogP contribution is 2.23. The van der Waals surface area contributed by atoms with Crippen molar-refractivity contribution in [3.05, 3.63) is 36.0 Å². The highest BCUT2D eigenvalue weighted by molar-refractivity contribution is 5.94. The lowest BCUT2D eigenvalue weighted by Crippen LogP contribution is -2.50. The Kier molecular flexibility index (Phi) is 3.36. The highest BCUT2D eigenvalue weighted by Gasteiger charge is 2.33. The normalized spacial score (nSPS) is 18.5. The van der Waals surface area contributed by atoms with Crippen molar-refractivity contribution in [3.63, 3.8) is 0 Å². The molecule has 0 aliphatic carbocycles. The van der Waals surface area contributed by atoms with Crippen molar-refractivity contribution >= 4 is 11.8 Å². The molecule has 2 fully saturated rings. The number of amides is 2. The number of hydrogen-bond acceptors (Lipinski definition) is 5. The zero-order valence-electron chi connectivity index (χ0n) is 12.6. The third-order valence-electron chi connectivity index (χ3n) is 4.37. The fourth-order valence-electron chi connectivity index (χ4n) is 2.99. The van der Waals surface area contributed by atoms with Gasteiger partial charge in [-0.25, -0.2) is 4.68 Å². The van der Waals surface area contributed by atoms with Gasteiger partial charge in [-0.2, -0.15) is 0 Å². The minimum atomic E-state index is -0.0296. The van der Waals surface area contributed by atoms with Gasteiger partial charge in [0.2, 0.25) is 5.91 Å². The van der Waals surface area contributed by atoms with Gasteiger partial charge in [0.15, 0.2) is 0 Å². The summed E-state index contributed by atoms with van der Waals surface area (Å²) in [6, 6.07) is 1.80. The molecule has 8 nitrogen and oxygen atoms in total. The molecule has 2 aliphatic rings. The molecule has 2 amide bonds. The molecular formula is C15H17N5O3. The number of hydrogen-bond donors (Lipinski definition) is 0. The SMILES string of the molecule is O=C1CCCN1Cc1cn(C2CN(C(=O)c3ccoc3)C2)nn1. The molecule has 4 rings (SSSR count). The van der Waals surface area contributed by atoms with E-state index in [9.17, 15) is 9.59 Å². The number of rotatable bonds is 4. The average Bonchev–Trinajstić information content (AvgIpc) is 3.21. The molecule has 0 bridgehead atoms. The van der Waals surface area contributed by atoms with Gasteiger partial charge < -0.3 is 14.2 Å². The van der Waals surface area contributed by atoms with Crippen LogP contribution in [0.25, 0.3) is 0 Å². The Balaban J connectivity index is 1.34. The molecule has 0 aromatic carbocycles. The standard InChI is InChI=1S/C15H17N5O3/c21-14-2-1-4-18(14)6-12-7-20(17-16-12)13-8-19(9-13)15(22)11-3-5-23-10-11/h3,5,7,10,13H,1-2,4,6,8-9H2. The topological polar surface area (TPSA) is 84.5 Å². The van der Waals surface area contributed by atoms with E-state index in [4.69, 9.17) is 4.42 Å². The summed E-state index contributed by atoms with van der Waals surface area (Å²) in [6.45, 7) is 2.52. The van der Waals surface area contributed by atoms with Crippen molar-refractivity contribution in [2.75, 3.05) is 19.6 Å². The van der Waals surface area contributed by atoms with Crippen molar-refractivity contribution in [2.24, 2.45) is 0 Å². The molecule has 2 saturated heterocycles. The molecule has 0 saturated carbocycles. The maximum atomic E-state index is 12.1. The van der Waals surface area contributed by atoms with Gasteiger partial charge >= 0.3 is 0 Å². The summed E-state index contributed by atoms with van der Waals surface area (Å²) in [7, 11) is 0. The second-order valence-corrected chi connectivity index (χ2v) is 5.98. The van der Waals surface area contributed by atoms with E-state index in [2.05, 4.69) is 10.3 Å². The molecule has 0 N–H and O–H groups in total. The Morgan fingerprint density at radius 3 is 2.96 bits per heavy atom. The fraction of sp³-hybridized carbons (Fsp3) is 0.467. The maximum absolute atomic E-state index is 12.1. The lowest BCUT2D eigenvalue weighted by Gasteiger charge is -2.38. The van der Waals surface area contributed by atoms with Crippen LogP contribution >= 0.6 is 0 Å². The van der Waals surface area contributed by atoms with Crippen LogP contribution in [0.15, 0.2) is 29.2 Å². The summed E-state index contributed by atoms with van der Waals surface area (Å²) in [6.07, 6.45) is 6.36. The van der Waals surface area contributed by atoms with Gasteiger partial charge in [-0.1, -0.05) is 5.21 Å². The van der Waals surface area contributed by atoms with E-state index < -0.39 is 0 Å². The molecule has 0 radical (unpaired) electrons. The first-order valence-corrected chi connectivity index (χ1v) is 7.70. The minimum absolute atomic E-state index is 0.0296. The van der Waals surface area contributed by atoms with Crippen molar-refractivity contribution in [3.8, 4) is 0 Å². The zero-order chi connectivity index (χ0) is 15.8. The molecule has 23 heavy (non-hydrogen) atoms. The number of carbonyl (C=O) groups is 2. The summed E-state index contributed by atoms with van der Waals surface area (Å²) in [4.78, 5) is 27.3. The first kappa shape index (κ1) is 14.0. The number of carbonyl (C=O) groups excluding carboxylic acids is 2. The van der Waals surface area contributed by atoms with Crippen LogP contribution in [0.3, 0.4) is 0 Å². The predicted molar refractivity (Wildman–Crippen MR) is 78.3 cm³/mol. The van der Waals surface area contributed by atoms with Crippen LogP contribution in [-0.2, 0) is 11.3 Å². The summed E-state index contributed by atoms with van der Waals surface area (Å²) in [5.74, 6) is 0.151. The third-order valence-corrected chi connectivity index (χ3v) is 4.37. The molecule has 2 aromatic heterocycles. The molecule has 0 unspecified atom stereocenters. The monoisotopic (exact) mass is 315 g/mol. The van der Waals surface area contributed by atoms with Gasteiger partial charge in [0.25, 0.3) is 5.91 Å². The van der Waals surface area contributed by atoms with E-state index in [0.717, 1.165) is 18.7 Å². The van der Waals surface area contributed by atoms with Crippen LogP contribution in [-0.4, -0.2) is 56.2 Å². The highest BCUT2D eigenvalue weighted by atomic mass is 16.3. The number of furan rings is 1. The Morgan fingerprint density at radius 2 is 2.26 bits per heavy atom. The Morgan fingerprint density at radius 1 is 1.39 bits per heavy atom. The molecule has 8 heteroatoms. The van der Waals surface area contributed by atoms with E-state index in [1.54, 1.807) is 15.6 Å². The van der Waals surface area contributed by atoms with Crippen molar-refractivity contribution in [1.29, 1.82) is 0 Å². The molecule has 2 aliphatic heterocycles. The van der Waals surface area contributed by atoms with Gasteiger partial charge in [-0.3, -0.25) is 9.59 Å². The molecule has 4 heterocycles. The van der Waals surface area contributed by atoms with E-state index in [0.29, 0.717) is 31.6 Å². The average molecular weight is 315 g/mol. The van der Waals surface area contributed by atoms with E-state index in [1.165, 1.54) is 12.5 Å². The van der Waals surface area contributed by atoms with Gasteiger partial charge in [0.1, 0.15) is 12.0 Å². The second kappa shape index (κ2) is 5.53. The summed E-state index contributed by atoms with van der Waals surface area (Å²) < 4.78 is 6.72. The Hall–Kier alpha value is -2.64. The van der Waals surface area contributed by atoms with Crippen LogP contribution in [0.1, 0.15) is 34.9 Å². The van der Waals surface area contributed by atoms with Crippen LogP contribution in [0.4, 0.5) is 0 Å². The van der Waals surface area contributed by atoms with Crippen LogP contribution < -0.4 is 0 Å². The predicted octanol–water partition coefficient (Wildman–Crippen LogP) is 0.691. The lowest BCUT2D eigenvalue weighted by molar-refractivity contribution is -0.128. The number of aromatic nitrogens is 3. The Bertz CT molecular complexity index is 717. The van der Waals surface area contributed by atoms with Crippen LogP contribution in [0.5, 0.6) is 0 Å². The number of nitrogens with zero attached hydrogens (tertiary/aromatic N) is 5. The molecular weight excluding hydrogens is 298 g/mol. The first-order chi connectivity index (χ1) is 11.2.